The van der Waals surface area contributed by atoms with E-state index in [1.807, 2.05) is 0 Å². The minimum atomic E-state index is -0.483. The normalized spacial score (nSPS) is 32.4. The molecule has 14 heavy (non-hydrogen) atoms. The van der Waals surface area contributed by atoms with E-state index in [0.717, 1.165) is 19.5 Å². The molecule has 84 valence electrons. The number of hydrogen-bond donors (Lipinski definition) is 3. The van der Waals surface area contributed by atoms with Gasteiger partial charge in [-0.3, -0.25) is 0 Å². The maximum absolute atomic E-state index is 9.58. The summed E-state index contributed by atoms with van der Waals surface area (Å²) < 4.78 is 5.37. The van der Waals surface area contributed by atoms with Gasteiger partial charge in [-0.25, -0.2) is 0 Å². The zero-order chi connectivity index (χ0) is 10.4. The van der Waals surface area contributed by atoms with Crippen molar-refractivity contribution in [1.29, 1.82) is 0 Å². The zero-order valence-electron chi connectivity index (χ0n) is 8.91. The molecule has 0 aliphatic carbocycles. The molecule has 0 radical (unpaired) electrons. The summed E-state index contributed by atoms with van der Waals surface area (Å²) in [7, 11) is 0. The molecule has 1 heterocycles. The van der Waals surface area contributed by atoms with Crippen LogP contribution in [0.25, 0.3) is 0 Å². The molecule has 0 spiro atoms. The first-order valence-electron chi connectivity index (χ1n) is 5.51. The zero-order valence-corrected chi connectivity index (χ0v) is 8.91. The Bertz CT molecular complexity index is 155. The molecule has 0 amide bonds. The molecule has 0 aromatic heterocycles. The minimum absolute atomic E-state index is 0.0703. The molecule has 4 nitrogen and oxygen atoms in total. The first kappa shape index (κ1) is 11.9. The van der Waals surface area contributed by atoms with Gasteiger partial charge in [-0.15, -0.1) is 0 Å². The Morgan fingerprint density at radius 2 is 2.29 bits per heavy atom. The second kappa shape index (κ2) is 6.35. The molecule has 0 bridgehead atoms. The van der Waals surface area contributed by atoms with Crippen molar-refractivity contribution in [2.45, 2.75) is 44.4 Å². The smallest absolute Gasteiger partial charge is 0.0975 e. The van der Waals surface area contributed by atoms with Gasteiger partial charge >= 0.3 is 0 Å². The summed E-state index contributed by atoms with van der Waals surface area (Å²) in [5.41, 5.74) is 5.63. The van der Waals surface area contributed by atoms with Crippen LogP contribution in [0.15, 0.2) is 0 Å². The van der Waals surface area contributed by atoms with Gasteiger partial charge in [0.1, 0.15) is 0 Å². The lowest BCUT2D eigenvalue weighted by Gasteiger charge is -2.15. The van der Waals surface area contributed by atoms with Gasteiger partial charge in [0, 0.05) is 0 Å². The number of nitrogens with one attached hydrogen (secondary N) is 1. The molecule has 0 saturated carbocycles. The van der Waals surface area contributed by atoms with Crippen molar-refractivity contribution in [3.05, 3.63) is 0 Å². The largest absolute Gasteiger partial charge is 0.389 e. The molecule has 0 unspecified atom stereocenters. The monoisotopic (exact) mass is 202 g/mol. The van der Waals surface area contributed by atoms with Gasteiger partial charge in [0.05, 0.1) is 24.9 Å². The van der Waals surface area contributed by atoms with Gasteiger partial charge in [-0.1, -0.05) is 13.3 Å². The van der Waals surface area contributed by atoms with E-state index < -0.39 is 6.10 Å². The van der Waals surface area contributed by atoms with Gasteiger partial charge < -0.3 is 20.9 Å². The standard InChI is InChI=1S/C10H22N2O2/c1-2-3-5-12-6-4-9-10(13)8(11)7-14-9/h8-10,12-13H,2-7,11H2,1H3/t8-,9-,10-/m0/s1. The van der Waals surface area contributed by atoms with Crippen LogP contribution >= 0.6 is 0 Å². The summed E-state index contributed by atoms with van der Waals surface area (Å²) in [5, 5.41) is 12.9. The number of unbranched alkanes of at least 4 members (excludes halogenated alkanes) is 1. The van der Waals surface area contributed by atoms with Crippen LogP contribution in [-0.4, -0.2) is 43.1 Å². The topological polar surface area (TPSA) is 67.5 Å². The minimum Gasteiger partial charge on any atom is -0.389 e. The van der Waals surface area contributed by atoms with Crippen LogP contribution in [0.4, 0.5) is 0 Å². The molecule has 4 N–H and O–H groups in total. The van der Waals surface area contributed by atoms with Crippen molar-refractivity contribution >= 4 is 0 Å². The number of nitrogens with two attached hydrogens (primary N) is 1. The van der Waals surface area contributed by atoms with E-state index in [0.29, 0.717) is 6.61 Å². The molecular weight excluding hydrogens is 180 g/mol. The Morgan fingerprint density at radius 1 is 1.50 bits per heavy atom. The van der Waals surface area contributed by atoms with Gasteiger partial charge in [-0.2, -0.15) is 0 Å². The summed E-state index contributed by atoms with van der Waals surface area (Å²) in [6, 6.07) is -0.198. The molecule has 1 aliphatic rings. The van der Waals surface area contributed by atoms with Crippen molar-refractivity contribution in [3.63, 3.8) is 0 Å². The highest BCUT2D eigenvalue weighted by Gasteiger charge is 2.32. The quantitative estimate of drug-likeness (QED) is 0.524. The summed E-state index contributed by atoms with van der Waals surface area (Å²) in [6.45, 7) is 4.60. The molecule has 1 fully saturated rings. The lowest BCUT2D eigenvalue weighted by molar-refractivity contribution is 0.0362. The summed E-state index contributed by atoms with van der Waals surface area (Å²) >= 11 is 0. The second-order valence-electron chi connectivity index (χ2n) is 3.92. The highest BCUT2D eigenvalue weighted by Crippen LogP contribution is 2.15. The fourth-order valence-corrected chi connectivity index (χ4v) is 1.63. The van der Waals surface area contributed by atoms with E-state index in [4.69, 9.17) is 10.5 Å². The SMILES string of the molecule is CCCCNCC[C@@H]1OC[C@H](N)[C@@H]1O. The summed E-state index contributed by atoms with van der Waals surface area (Å²) in [5.74, 6) is 0. The van der Waals surface area contributed by atoms with Crippen LogP contribution < -0.4 is 11.1 Å². The molecule has 0 aromatic carbocycles. The van der Waals surface area contributed by atoms with Crippen LogP contribution in [0.3, 0.4) is 0 Å². The Kier molecular flexibility index (Phi) is 5.40. The maximum atomic E-state index is 9.58. The van der Waals surface area contributed by atoms with Crippen molar-refractivity contribution in [3.8, 4) is 0 Å². The highest BCUT2D eigenvalue weighted by molar-refractivity contribution is 4.86. The van der Waals surface area contributed by atoms with E-state index in [2.05, 4.69) is 12.2 Å². The van der Waals surface area contributed by atoms with Gasteiger partial charge in [0.2, 0.25) is 0 Å². The number of hydrogen-bond acceptors (Lipinski definition) is 4. The maximum Gasteiger partial charge on any atom is 0.0975 e. The van der Waals surface area contributed by atoms with E-state index in [1.54, 1.807) is 0 Å². The Morgan fingerprint density at radius 3 is 2.86 bits per heavy atom. The number of aliphatic hydroxyl groups is 1. The Labute approximate surface area is 85.8 Å². The van der Waals surface area contributed by atoms with E-state index in [9.17, 15) is 5.11 Å². The predicted octanol–water partition coefficient (Wildman–Crippen LogP) is -0.147. The molecule has 1 aliphatic heterocycles. The van der Waals surface area contributed by atoms with Gasteiger partial charge in [0.25, 0.3) is 0 Å². The van der Waals surface area contributed by atoms with Gasteiger partial charge in [-0.05, 0) is 25.9 Å². The molecule has 4 heteroatoms. The lowest BCUT2D eigenvalue weighted by atomic mass is 10.1. The lowest BCUT2D eigenvalue weighted by Crippen LogP contribution is -2.37. The predicted molar refractivity (Wildman–Crippen MR) is 56.1 cm³/mol. The number of aliphatic hydroxyl groups excluding tert-OH is 1. The number of ether oxygens (including phenoxy) is 1. The Hall–Kier alpha value is -0.160. The Balaban J connectivity index is 2.01. The van der Waals surface area contributed by atoms with E-state index in [-0.39, 0.29) is 12.1 Å². The first-order valence-corrected chi connectivity index (χ1v) is 5.51. The van der Waals surface area contributed by atoms with Crippen LogP contribution in [0.5, 0.6) is 0 Å². The van der Waals surface area contributed by atoms with Crippen LogP contribution in [0.1, 0.15) is 26.2 Å². The molecule has 1 saturated heterocycles. The third kappa shape index (κ3) is 3.53. The average molecular weight is 202 g/mol. The van der Waals surface area contributed by atoms with Crippen LogP contribution in [0.2, 0.25) is 0 Å². The number of rotatable bonds is 6. The average Bonchev–Trinajstić information content (AvgIpc) is 2.49. The van der Waals surface area contributed by atoms with Crippen molar-refractivity contribution in [2.24, 2.45) is 5.73 Å². The third-order valence-corrected chi connectivity index (χ3v) is 2.64. The van der Waals surface area contributed by atoms with Gasteiger partial charge in [0.15, 0.2) is 0 Å². The molecule has 1 rings (SSSR count). The second-order valence-corrected chi connectivity index (χ2v) is 3.92. The van der Waals surface area contributed by atoms with Crippen molar-refractivity contribution in [1.82, 2.24) is 5.32 Å². The summed E-state index contributed by atoms with van der Waals surface area (Å²) in [4.78, 5) is 0. The first-order chi connectivity index (χ1) is 6.75. The molecule has 0 aromatic rings. The fourth-order valence-electron chi connectivity index (χ4n) is 1.63. The van der Waals surface area contributed by atoms with E-state index in [1.165, 1.54) is 12.8 Å². The van der Waals surface area contributed by atoms with E-state index >= 15 is 0 Å². The van der Waals surface area contributed by atoms with Crippen LogP contribution in [-0.2, 0) is 4.74 Å². The summed E-state index contributed by atoms with van der Waals surface area (Å²) in [6.07, 6.45) is 2.70. The van der Waals surface area contributed by atoms with Crippen molar-refractivity contribution < 1.29 is 9.84 Å². The highest BCUT2D eigenvalue weighted by atomic mass is 16.5. The molecular formula is C10H22N2O2. The van der Waals surface area contributed by atoms with Crippen molar-refractivity contribution in [2.75, 3.05) is 19.7 Å². The fraction of sp³-hybridized carbons (Fsp3) is 1.00. The van der Waals surface area contributed by atoms with Crippen LogP contribution in [0, 0.1) is 0 Å². The molecule has 3 atom stereocenters. The third-order valence-electron chi connectivity index (χ3n) is 2.64.